The zero-order valence-corrected chi connectivity index (χ0v) is 11.7. The van der Waals surface area contributed by atoms with Gasteiger partial charge in [-0.15, -0.1) is 0 Å². The van der Waals surface area contributed by atoms with E-state index in [2.05, 4.69) is 24.2 Å². The molecule has 1 fully saturated rings. The lowest BCUT2D eigenvalue weighted by Crippen LogP contribution is -2.44. The van der Waals surface area contributed by atoms with Crippen LogP contribution in [0, 0.1) is 5.92 Å². The van der Waals surface area contributed by atoms with Gasteiger partial charge in [-0.1, -0.05) is 0 Å². The van der Waals surface area contributed by atoms with Crippen molar-refractivity contribution in [1.29, 1.82) is 0 Å². The highest BCUT2D eigenvalue weighted by atomic mass is 16.7. The fourth-order valence-corrected chi connectivity index (χ4v) is 1.96. The minimum absolute atomic E-state index is 0.0309. The van der Waals surface area contributed by atoms with Gasteiger partial charge in [-0.05, 0) is 60.5 Å². The molecule has 1 N–H and O–H groups in total. The topological polar surface area (TPSA) is 41.6 Å². The first-order chi connectivity index (χ1) is 7.79. The Balaban J connectivity index is 2.31. The third-order valence-electron chi connectivity index (χ3n) is 3.09. The normalized spacial score (nSPS) is 19.6. The molecule has 0 aromatic carbocycles. The fourth-order valence-electron chi connectivity index (χ4n) is 1.96. The van der Waals surface area contributed by atoms with Crippen LogP contribution in [0.1, 0.15) is 47.5 Å². The van der Waals surface area contributed by atoms with Gasteiger partial charge in [0.2, 0.25) is 5.91 Å². The Labute approximate surface area is 105 Å². The second kappa shape index (κ2) is 5.83. The molecule has 1 saturated heterocycles. The Morgan fingerprint density at radius 2 is 1.82 bits per heavy atom. The van der Waals surface area contributed by atoms with E-state index >= 15 is 0 Å². The van der Waals surface area contributed by atoms with Crippen molar-refractivity contribution < 1.29 is 9.63 Å². The van der Waals surface area contributed by atoms with E-state index in [0.717, 1.165) is 25.9 Å². The molecule has 0 spiro atoms. The van der Waals surface area contributed by atoms with E-state index < -0.39 is 0 Å². The van der Waals surface area contributed by atoms with Crippen LogP contribution in [-0.2, 0) is 9.63 Å². The van der Waals surface area contributed by atoms with E-state index in [1.807, 2.05) is 20.8 Å². The van der Waals surface area contributed by atoms with Gasteiger partial charge in [0.1, 0.15) is 0 Å². The second-order valence-corrected chi connectivity index (χ2v) is 6.08. The molecule has 0 radical (unpaired) electrons. The molecule has 0 unspecified atom stereocenters. The molecule has 1 rings (SSSR count). The quantitative estimate of drug-likeness (QED) is 0.769. The maximum atomic E-state index is 11.9. The smallest absolute Gasteiger partial charge is 0.246 e. The van der Waals surface area contributed by atoms with Gasteiger partial charge in [-0.2, -0.15) is 0 Å². The van der Waals surface area contributed by atoms with Crippen LogP contribution in [0.4, 0.5) is 0 Å². The summed E-state index contributed by atoms with van der Waals surface area (Å²) >= 11 is 0. The SMILES string of the molecule is CC(C)N1CCC(C(=O)NOC(C)(C)C)CC1. The summed E-state index contributed by atoms with van der Waals surface area (Å²) in [4.78, 5) is 19.6. The van der Waals surface area contributed by atoms with Gasteiger partial charge in [0.25, 0.3) is 0 Å². The third kappa shape index (κ3) is 5.04. The molecular weight excluding hydrogens is 216 g/mol. The standard InChI is InChI=1S/C13H26N2O2/c1-10(2)15-8-6-11(7-9-15)12(16)14-17-13(3,4)5/h10-11H,6-9H2,1-5H3,(H,14,16). The highest BCUT2D eigenvalue weighted by Crippen LogP contribution is 2.19. The van der Waals surface area contributed by atoms with Crippen LogP contribution in [0.25, 0.3) is 0 Å². The largest absolute Gasteiger partial charge is 0.301 e. The molecule has 1 heterocycles. The number of rotatable bonds is 3. The van der Waals surface area contributed by atoms with E-state index in [1.54, 1.807) is 0 Å². The van der Waals surface area contributed by atoms with Gasteiger partial charge in [0.05, 0.1) is 5.60 Å². The molecule has 1 aliphatic heterocycles. The van der Waals surface area contributed by atoms with E-state index in [-0.39, 0.29) is 17.4 Å². The van der Waals surface area contributed by atoms with Crippen LogP contribution in [0.15, 0.2) is 0 Å². The number of piperidine rings is 1. The molecule has 17 heavy (non-hydrogen) atoms. The number of hydrogen-bond acceptors (Lipinski definition) is 3. The van der Waals surface area contributed by atoms with E-state index in [0.29, 0.717) is 6.04 Å². The lowest BCUT2D eigenvalue weighted by atomic mass is 9.95. The summed E-state index contributed by atoms with van der Waals surface area (Å²) in [7, 11) is 0. The zero-order valence-electron chi connectivity index (χ0n) is 11.7. The van der Waals surface area contributed by atoms with Gasteiger partial charge < -0.3 is 4.90 Å². The molecule has 0 saturated carbocycles. The summed E-state index contributed by atoms with van der Waals surface area (Å²) in [6.07, 6.45) is 1.86. The number of nitrogens with zero attached hydrogens (tertiary/aromatic N) is 1. The molecule has 0 aromatic heterocycles. The summed E-state index contributed by atoms with van der Waals surface area (Å²) in [5.74, 6) is 0.135. The Kier molecular flexibility index (Phi) is 4.95. The van der Waals surface area contributed by atoms with Crippen molar-refractivity contribution in [3.05, 3.63) is 0 Å². The summed E-state index contributed by atoms with van der Waals surface area (Å²) in [6, 6.07) is 0.574. The van der Waals surface area contributed by atoms with Crippen molar-refractivity contribution in [1.82, 2.24) is 10.4 Å². The molecule has 4 nitrogen and oxygen atoms in total. The predicted octanol–water partition coefficient (Wildman–Crippen LogP) is 1.95. The minimum Gasteiger partial charge on any atom is -0.301 e. The highest BCUT2D eigenvalue weighted by molar-refractivity contribution is 5.77. The van der Waals surface area contributed by atoms with E-state index in [1.165, 1.54) is 0 Å². The molecule has 1 amide bonds. The number of carbonyl (C=O) groups excluding carboxylic acids is 1. The molecular formula is C13H26N2O2. The number of nitrogens with one attached hydrogen (secondary N) is 1. The van der Waals surface area contributed by atoms with E-state index in [9.17, 15) is 4.79 Å². The molecule has 0 atom stereocenters. The lowest BCUT2D eigenvalue weighted by Gasteiger charge is -2.34. The molecule has 100 valence electrons. The van der Waals surface area contributed by atoms with Gasteiger partial charge >= 0.3 is 0 Å². The molecule has 0 bridgehead atoms. The number of amides is 1. The predicted molar refractivity (Wildman–Crippen MR) is 68.4 cm³/mol. The van der Waals surface area contributed by atoms with Crippen molar-refractivity contribution in [2.45, 2.75) is 59.1 Å². The first-order valence-electron chi connectivity index (χ1n) is 6.51. The van der Waals surface area contributed by atoms with Crippen molar-refractivity contribution in [3.63, 3.8) is 0 Å². The minimum atomic E-state index is -0.325. The van der Waals surface area contributed by atoms with Crippen molar-refractivity contribution >= 4 is 5.91 Å². The third-order valence-corrected chi connectivity index (χ3v) is 3.09. The first kappa shape index (κ1) is 14.5. The summed E-state index contributed by atoms with van der Waals surface area (Å²) in [5.41, 5.74) is 2.25. The van der Waals surface area contributed by atoms with Crippen molar-refractivity contribution in [2.75, 3.05) is 13.1 Å². The van der Waals surface area contributed by atoms with Gasteiger partial charge in [-0.3, -0.25) is 9.63 Å². The van der Waals surface area contributed by atoms with Crippen LogP contribution < -0.4 is 5.48 Å². The number of hydrogen-bond donors (Lipinski definition) is 1. The number of likely N-dealkylation sites (tertiary alicyclic amines) is 1. The molecule has 1 aliphatic rings. The van der Waals surface area contributed by atoms with Gasteiger partial charge in [-0.25, -0.2) is 5.48 Å². The summed E-state index contributed by atoms with van der Waals surface area (Å²) in [5, 5.41) is 0. The first-order valence-corrected chi connectivity index (χ1v) is 6.51. The molecule has 0 aliphatic carbocycles. The Morgan fingerprint density at radius 3 is 2.24 bits per heavy atom. The fraction of sp³-hybridized carbons (Fsp3) is 0.923. The van der Waals surface area contributed by atoms with Crippen LogP contribution in [0.3, 0.4) is 0 Å². The Hall–Kier alpha value is -0.610. The van der Waals surface area contributed by atoms with Gasteiger partial charge in [0, 0.05) is 12.0 Å². The number of hydroxylamine groups is 1. The lowest BCUT2D eigenvalue weighted by molar-refractivity contribution is -0.151. The highest BCUT2D eigenvalue weighted by Gasteiger charge is 2.26. The maximum absolute atomic E-state index is 11.9. The Morgan fingerprint density at radius 1 is 1.29 bits per heavy atom. The van der Waals surface area contributed by atoms with Crippen LogP contribution in [0.2, 0.25) is 0 Å². The van der Waals surface area contributed by atoms with Crippen LogP contribution in [0.5, 0.6) is 0 Å². The van der Waals surface area contributed by atoms with Crippen LogP contribution in [-0.4, -0.2) is 35.5 Å². The van der Waals surface area contributed by atoms with Gasteiger partial charge in [0.15, 0.2) is 0 Å². The average molecular weight is 242 g/mol. The molecule has 4 heteroatoms. The van der Waals surface area contributed by atoms with Crippen LogP contribution >= 0.6 is 0 Å². The maximum Gasteiger partial charge on any atom is 0.246 e. The summed E-state index contributed by atoms with van der Waals surface area (Å²) in [6.45, 7) is 12.2. The van der Waals surface area contributed by atoms with Crippen molar-refractivity contribution in [3.8, 4) is 0 Å². The number of carbonyl (C=O) groups is 1. The van der Waals surface area contributed by atoms with Crippen molar-refractivity contribution in [2.24, 2.45) is 5.92 Å². The second-order valence-electron chi connectivity index (χ2n) is 6.08. The Bertz CT molecular complexity index is 251. The molecule has 0 aromatic rings. The monoisotopic (exact) mass is 242 g/mol. The summed E-state index contributed by atoms with van der Waals surface area (Å²) < 4.78 is 0. The zero-order chi connectivity index (χ0) is 13.1. The van der Waals surface area contributed by atoms with E-state index in [4.69, 9.17) is 4.84 Å². The average Bonchev–Trinajstić information content (AvgIpc) is 2.25.